The van der Waals surface area contributed by atoms with Gasteiger partial charge >= 0.3 is 0 Å². The number of carbonyl (C=O) groups is 2. The molecule has 27 heavy (non-hydrogen) atoms. The Morgan fingerprint density at radius 3 is 2.44 bits per heavy atom. The zero-order chi connectivity index (χ0) is 20.1. The van der Waals surface area contributed by atoms with E-state index in [9.17, 15) is 9.59 Å². The molecule has 2 N–H and O–H groups in total. The number of amides is 2. The molecule has 7 heteroatoms. The monoisotopic (exact) mass is 407 g/mol. The van der Waals surface area contributed by atoms with Crippen molar-refractivity contribution in [1.29, 1.82) is 0 Å². The molecule has 0 spiro atoms. The molecular weight excluding hydrogens is 385 g/mol. The highest BCUT2D eigenvalue weighted by Crippen LogP contribution is 2.27. The summed E-state index contributed by atoms with van der Waals surface area (Å²) in [7, 11) is 1.78. The number of rotatable bonds is 6. The van der Waals surface area contributed by atoms with Crippen LogP contribution in [0, 0.1) is 6.92 Å². The number of hydrogen-bond acceptors (Lipinski definition) is 3. The Hall–Kier alpha value is -2.24. The van der Waals surface area contributed by atoms with Crippen molar-refractivity contribution >= 4 is 46.4 Å². The number of carbonyl (C=O) groups excluding carboxylic acids is 2. The zero-order valence-electron chi connectivity index (χ0n) is 15.8. The van der Waals surface area contributed by atoms with Crippen LogP contribution in [0.25, 0.3) is 0 Å². The van der Waals surface area contributed by atoms with Crippen LogP contribution in [-0.2, 0) is 4.79 Å². The van der Waals surface area contributed by atoms with Crippen molar-refractivity contribution in [2.75, 3.05) is 23.8 Å². The lowest BCUT2D eigenvalue weighted by Gasteiger charge is -2.21. The molecule has 0 fully saturated rings. The van der Waals surface area contributed by atoms with Gasteiger partial charge in [-0.3, -0.25) is 9.59 Å². The Kier molecular flexibility index (Phi) is 7.11. The van der Waals surface area contributed by atoms with Crippen molar-refractivity contribution in [3.63, 3.8) is 0 Å². The Labute approximate surface area is 169 Å². The van der Waals surface area contributed by atoms with E-state index in [1.807, 2.05) is 32.0 Å². The molecule has 2 aromatic rings. The molecule has 0 unspecified atom stereocenters. The third-order valence-corrected chi connectivity index (χ3v) is 4.41. The van der Waals surface area contributed by atoms with Gasteiger partial charge in [-0.15, -0.1) is 0 Å². The summed E-state index contributed by atoms with van der Waals surface area (Å²) in [4.78, 5) is 26.8. The number of para-hydroxylation sites is 1. The summed E-state index contributed by atoms with van der Waals surface area (Å²) in [5.41, 5.74) is 2.25. The largest absolute Gasteiger partial charge is 0.364 e. The molecule has 0 aromatic heterocycles. The van der Waals surface area contributed by atoms with E-state index in [0.717, 1.165) is 5.69 Å². The molecule has 0 aliphatic rings. The molecule has 0 bridgehead atoms. The van der Waals surface area contributed by atoms with Gasteiger partial charge in [-0.25, -0.2) is 0 Å². The van der Waals surface area contributed by atoms with E-state index in [4.69, 9.17) is 23.2 Å². The first-order valence-electron chi connectivity index (χ1n) is 8.55. The summed E-state index contributed by atoms with van der Waals surface area (Å²) in [5, 5.41) is 6.66. The quantitative estimate of drug-likeness (QED) is 0.739. The van der Waals surface area contributed by atoms with Crippen LogP contribution in [0.2, 0.25) is 10.0 Å². The first kappa shape index (κ1) is 21.1. The van der Waals surface area contributed by atoms with Gasteiger partial charge in [0, 0.05) is 18.1 Å². The van der Waals surface area contributed by atoms with Gasteiger partial charge in [0.15, 0.2) is 0 Å². The minimum atomic E-state index is -0.287. The summed E-state index contributed by atoms with van der Waals surface area (Å²) >= 11 is 12.3. The molecule has 144 valence electrons. The molecular formula is C20H23Cl2N3O2. The maximum absolute atomic E-state index is 12.6. The lowest BCUT2D eigenvalue weighted by atomic mass is 10.1. The van der Waals surface area contributed by atoms with Gasteiger partial charge in [0.05, 0.1) is 28.5 Å². The van der Waals surface area contributed by atoms with Crippen LogP contribution >= 0.6 is 23.2 Å². The molecule has 0 saturated heterocycles. The Balaban J connectivity index is 2.22. The number of hydrogen-bond donors (Lipinski definition) is 2. The van der Waals surface area contributed by atoms with Crippen LogP contribution < -0.4 is 15.5 Å². The fourth-order valence-electron chi connectivity index (χ4n) is 2.67. The molecule has 2 rings (SSSR count). The predicted octanol–water partition coefficient (Wildman–Crippen LogP) is 4.51. The standard InChI is InChI=1S/C20H23Cl2N3O2/c1-12(2)23-20(27)15-10-14(21)9-13(3)19(15)24-18(26)11-25(4)17-8-6-5-7-16(17)22/h5-10,12H,11H2,1-4H3,(H,23,27)(H,24,26). The minimum absolute atomic E-state index is 0.0355. The second-order valence-corrected chi connectivity index (χ2v) is 7.47. The van der Waals surface area contributed by atoms with Crippen molar-refractivity contribution in [3.8, 4) is 0 Å². The van der Waals surface area contributed by atoms with E-state index < -0.39 is 0 Å². The molecule has 0 saturated carbocycles. The van der Waals surface area contributed by atoms with Crippen LogP contribution in [0.1, 0.15) is 29.8 Å². The van der Waals surface area contributed by atoms with E-state index in [2.05, 4.69) is 10.6 Å². The highest BCUT2D eigenvalue weighted by Gasteiger charge is 2.18. The van der Waals surface area contributed by atoms with Crippen LogP contribution in [0.4, 0.5) is 11.4 Å². The van der Waals surface area contributed by atoms with Crippen LogP contribution in [0.15, 0.2) is 36.4 Å². The lowest BCUT2D eigenvalue weighted by Crippen LogP contribution is -2.33. The number of aryl methyl sites for hydroxylation is 1. The summed E-state index contributed by atoms with van der Waals surface area (Å²) < 4.78 is 0. The van der Waals surface area contributed by atoms with Crippen molar-refractivity contribution in [1.82, 2.24) is 5.32 Å². The van der Waals surface area contributed by atoms with E-state index in [1.165, 1.54) is 0 Å². The van der Waals surface area contributed by atoms with Gasteiger partial charge in [0.25, 0.3) is 5.91 Å². The number of anilines is 2. The van der Waals surface area contributed by atoms with Gasteiger partial charge in [0.1, 0.15) is 0 Å². The molecule has 0 heterocycles. The fraction of sp³-hybridized carbons (Fsp3) is 0.300. The van der Waals surface area contributed by atoms with Gasteiger partial charge in [0.2, 0.25) is 5.91 Å². The predicted molar refractivity (Wildman–Crippen MR) is 112 cm³/mol. The average molecular weight is 408 g/mol. The summed E-state index contributed by atoms with van der Waals surface area (Å²) in [5.74, 6) is -0.549. The zero-order valence-corrected chi connectivity index (χ0v) is 17.3. The number of halogens is 2. The van der Waals surface area contributed by atoms with Gasteiger partial charge in [-0.1, -0.05) is 35.3 Å². The SMILES string of the molecule is Cc1cc(Cl)cc(C(=O)NC(C)C)c1NC(=O)CN(C)c1ccccc1Cl. The number of nitrogens with zero attached hydrogens (tertiary/aromatic N) is 1. The lowest BCUT2D eigenvalue weighted by molar-refractivity contribution is -0.114. The van der Waals surface area contributed by atoms with Crippen LogP contribution in [0.3, 0.4) is 0 Å². The topological polar surface area (TPSA) is 61.4 Å². The first-order chi connectivity index (χ1) is 12.7. The Morgan fingerprint density at radius 1 is 1.15 bits per heavy atom. The smallest absolute Gasteiger partial charge is 0.253 e. The van der Waals surface area contributed by atoms with Crippen molar-refractivity contribution in [2.45, 2.75) is 26.8 Å². The Morgan fingerprint density at radius 2 is 1.81 bits per heavy atom. The third-order valence-electron chi connectivity index (χ3n) is 3.87. The molecule has 0 atom stereocenters. The van der Waals surface area contributed by atoms with Crippen molar-refractivity contribution < 1.29 is 9.59 Å². The second kappa shape index (κ2) is 9.11. The summed E-state index contributed by atoms with van der Waals surface area (Å²) in [6.45, 7) is 5.61. The molecule has 2 aromatic carbocycles. The summed E-state index contributed by atoms with van der Waals surface area (Å²) in [6.07, 6.45) is 0. The second-order valence-electron chi connectivity index (χ2n) is 6.63. The van der Waals surface area contributed by atoms with Crippen molar-refractivity contribution in [3.05, 3.63) is 57.6 Å². The molecule has 2 amide bonds. The van der Waals surface area contributed by atoms with E-state index >= 15 is 0 Å². The Bertz CT molecular complexity index is 853. The van der Waals surface area contributed by atoms with E-state index in [0.29, 0.717) is 26.9 Å². The number of nitrogens with one attached hydrogen (secondary N) is 2. The maximum Gasteiger partial charge on any atom is 0.253 e. The van der Waals surface area contributed by atoms with Crippen molar-refractivity contribution in [2.24, 2.45) is 0 Å². The highest BCUT2D eigenvalue weighted by molar-refractivity contribution is 6.33. The molecule has 5 nitrogen and oxygen atoms in total. The van der Waals surface area contributed by atoms with Gasteiger partial charge < -0.3 is 15.5 Å². The molecule has 0 aliphatic carbocycles. The van der Waals surface area contributed by atoms with E-state index in [-0.39, 0.29) is 24.4 Å². The van der Waals surface area contributed by atoms with Crippen LogP contribution in [0.5, 0.6) is 0 Å². The van der Waals surface area contributed by atoms with Crippen LogP contribution in [-0.4, -0.2) is 31.4 Å². The number of benzene rings is 2. The normalized spacial score (nSPS) is 10.6. The van der Waals surface area contributed by atoms with Gasteiger partial charge in [-0.2, -0.15) is 0 Å². The van der Waals surface area contributed by atoms with E-state index in [1.54, 1.807) is 37.1 Å². The summed E-state index contributed by atoms with van der Waals surface area (Å²) in [6, 6.07) is 10.5. The highest BCUT2D eigenvalue weighted by atomic mass is 35.5. The first-order valence-corrected chi connectivity index (χ1v) is 9.31. The minimum Gasteiger partial charge on any atom is -0.364 e. The average Bonchev–Trinajstić information content (AvgIpc) is 2.56. The maximum atomic E-state index is 12.6. The molecule has 0 aliphatic heterocycles. The fourth-order valence-corrected chi connectivity index (χ4v) is 3.22. The molecule has 0 radical (unpaired) electrons. The number of likely N-dealkylation sites (N-methyl/N-ethyl adjacent to an activating group) is 1. The third kappa shape index (κ3) is 5.62. The van der Waals surface area contributed by atoms with Gasteiger partial charge in [-0.05, 0) is 50.6 Å².